The highest BCUT2D eigenvalue weighted by Gasteiger charge is 2.33. The molecule has 196 valence electrons. The summed E-state index contributed by atoms with van der Waals surface area (Å²) in [5, 5.41) is 0.375. The number of hydrogen-bond acceptors (Lipinski definition) is 4. The van der Waals surface area contributed by atoms with Gasteiger partial charge >= 0.3 is 0 Å². The highest BCUT2D eigenvalue weighted by molar-refractivity contribution is 7.89. The molecule has 1 aliphatic heterocycles. The van der Waals surface area contributed by atoms with Crippen molar-refractivity contribution in [2.75, 3.05) is 26.7 Å². The molecule has 4 rings (SSSR count). The molecule has 0 spiro atoms. The summed E-state index contributed by atoms with van der Waals surface area (Å²) in [6.45, 7) is 0.411. The smallest absolute Gasteiger partial charge is 0.257 e. The Morgan fingerprint density at radius 1 is 0.973 bits per heavy atom. The van der Waals surface area contributed by atoms with Crippen LogP contribution >= 0.6 is 11.6 Å². The van der Waals surface area contributed by atoms with Crippen LogP contribution < -0.4 is 4.74 Å². The van der Waals surface area contributed by atoms with Gasteiger partial charge in [0.2, 0.25) is 10.0 Å². The van der Waals surface area contributed by atoms with Crippen LogP contribution in [0.4, 0.5) is 8.78 Å². The number of amides is 1. The molecule has 3 aromatic carbocycles. The number of hydrogen-bond donors (Lipinski definition) is 0. The predicted octanol–water partition coefficient (Wildman–Crippen LogP) is 5.17. The second-order valence-corrected chi connectivity index (χ2v) is 11.2. The van der Waals surface area contributed by atoms with Crippen LogP contribution in [0.15, 0.2) is 71.6 Å². The van der Waals surface area contributed by atoms with Crippen LogP contribution in [0.3, 0.4) is 0 Å². The van der Waals surface area contributed by atoms with Crippen molar-refractivity contribution in [1.29, 1.82) is 0 Å². The molecule has 0 radical (unpaired) electrons. The number of carbonyl (C=O) groups is 1. The van der Waals surface area contributed by atoms with Crippen LogP contribution in [0.1, 0.15) is 28.8 Å². The summed E-state index contributed by atoms with van der Waals surface area (Å²) in [6, 6.07) is 15.9. The van der Waals surface area contributed by atoms with Crippen LogP contribution in [0.5, 0.6) is 5.75 Å². The molecule has 6 nitrogen and oxygen atoms in total. The van der Waals surface area contributed by atoms with Crippen molar-refractivity contribution in [3.05, 3.63) is 94.5 Å². The lowest BCUT2D eigenvalue weighted by atomic mass is 10.1. The van der Waals surface area contributed by atoms with Crippen molar-refractivity contribution in [3.63, 3.8) is 0 Å². The SMILES string of the molecule is CN1CCCCN(S(=O)(=O)c2ccc(F)c(F)c2)[C@H](Cc2ccccc2)COc2ccc(Cl)cc2C1=O. The van der Waals surface area contributed by atoms with Crippen LogP contribution in [-0.2, 0) is 16.4 Å². The molecule has 1 amide bonds. The van der Waals surface area contributed by atoms with Crippen molar-refractivity contribution in [2.24, 2.45) is 0 Å². The molecule has 0 fully saturated rings. The molecule has 1 aliphatic rings. The van der Waals surface area contributed by atoms with Crippen LogP contribution in [0.25, 0.3) is 0 Å². The van der Waals surface area contributed by atoms with Gasteiger partial charge in [-0.05, 0) is 61.2 Å². The fourth-order valence-corrected chi connectivity index (χ4v) is 6.14. The first kappa shape index (κ1) is 27.0. The zero-order valence-electron chi connectivity index (χ0n) is 20.2. The molecule has 37 heavy (non-hydrogen) atoms. The predicted molar refractivity (Wildman–Crippen MR) is 137 cm³/mol. The van der Waals surface area contributed by atoms with E-state index < -0.39 is 27.7 Å². The second kappa shape index (κ2) is 11.6. The van der Waals surface area contributed by atoms with Gasteiger partial charge in [0, 0.05) is 25.2 Å². The summed E-state index contributed by atoms with van der Waals surface area (Å²) in [7, 11) is -2.56. The number of halogens is 3. The van der Waals surface area contributed by atoms with Crippen LogP contribution in [0, 0.1) is 11.6 Å². The van der Waals surface area contributed by atoms with Crippen molar-refractivity contribution < 1.29 is 26.7 Å². The lowest BCUT2D eigenvalue weighted by Gasteiger charge is -2.32. The molecule has 1 atom stereocenters. The first-order valence-electron chi connectivity index (χ1n) is 11.9. The minimum Gasteiger partial charge on any atom is -0.491 e. The maximum absolute atomic E-state index is 14.0. The summed E-state index contributed by atoms with van der Waals surface area (Å²) in [6.07, 6.45) is 1.27. The van der Waals surface area contributed by atoms with Gasteiger partial charge in [-0.1, -0.05) is 41.9 Å². The van der Waals surface area contributed by atoms with E-state index in [1.807, 2.05) is 30.3 Å². The normalized spacial score (nSPS) is 17.9. The van der Waals surface area contributed by atoms with Gasteiger partial charge in [0.05, 0.1) is 16.5 Å². The van der Waals surface area contributed by atoms with Gasteiger partial charge in [-0.15, -0.1) is 0 Å². The zero-order chi connectivity index (χ0) is 26.6. The van der Waals surface area contributed by atoms with Gasteiger partial charge in [0.1, 0.15) is 12.4 Å². The molecule has 0 N–H and O–H groups in total. The Bertz CT molecular complexity index is 1370. The molecule has 0 aromatic heterocycles. The minimum absolute atomic E-state index is 0.0799. The third kappa shape index (κ3) is 6.29. The quantitative estimate of drug-likeness (QED) is 0.451. The van der Waals surface area contributed by atoms with E-state index in [1.165, 1.54) is 15.3 Å². The number of fused-ring (bicyclic) bond motifs is 1. The Hall–Kier alpha value is -3.01. The van der Waals surface area contributed by atoms with Gasteiger partial charge in [-0.25, -0.2) is 17.2 Å². The molecule has 1 heterocycles. The molecule has 0 bridgehead atoms. The topological polar surface area (TPSA) is 66.9 Å². The number of carbonyl (C=O) groups excluding carboxylic acids is 1. The van der Waals surface area contributed by atoms with E-state index >= 15 is 0 Å². The lowest BCUT2D eigenvalue weighted by Crippen LogP contribution is -2.46. The lowest BCUT2D eigenvalue weighted by molar-refractivity contribution is 0.0781. The fourth-order valence-electron chi connectivity index (χ4n) is 4.31. The van der Waals surface area contributed by atoms with Crippen LogP contribution in [0.2, 0.25) is 5.02 Å². The summed E-state index contributed by atoms with van der Waals surface area (Å²) in [5.41, 5.74) is 1.16. The molecular weight excluding hydrogens is 522 g/mol. The third-order valence-electron chi connectivity index (χ3n) is 6.29. The van der Waals surface area contributed by atoms with E-state index in [1.54, 1.807) is 19.2 Å². The summed E-state index contributed by atoms with van der Waals surface area (Å²) < 4.78 is 62.5. The molecular formula is C27H27ClF2N2O4S. The highest BCUT2D eigenvalue weighted by atomic mass is 35.5. The number of sulfonamides is 1. The molecule has 0 aliphatic carbocycles. The Kier molecular flexibility index (Phi) is 8.46. The van der Waals surface area contributed by atoms with E-state index in [9.17, 15) is 22.0 Å². The largest absolute Gasteiger partial charge is 0.491 e. The first-order chi connectivity index (χ1) is 17.7. The van der Waals surface area contributed by atoms with Crippen molar-refractivity contribution in [3.8, 4) is 5.75 Å². The van der Waals surface area contributed by atoms with Gasteiger partial charge < -0.3 is 9.64 Å². The highest BCUT2D eigenvalue weighted by Crippen LogP contribution is 2.28. The van der Waals surface area contributed by atoms with E-state index in [4.69, 9.17) is 16.3 Å². The number of ether oxygens (including phenoxy) is 1. The minimum atomic E-state index is -4.22. The van der Waals surface area contributed by atoms with Crippen molar-refractivity contribution in [2.45, 2.75) is 30.2 Å². The monoisotopic (exact) mass is 548 g/mol. The second-order valence-electron chi connectivity index (χ2n) is 8.92. The van der Waals surface area contributed by atoms with Gasteiger partial charge in [-0.2, -0.15) is 4.31 Å². The van der Waals surface area contributed by atoms with Crippen molar-refractivity contribution in [1.82, 2.24) is 9.21 Å². The van der Waals surface area contributed by atoms with Gasteiger partial charge in [-0.3, -0.25) is 4.79 Å². The van der Waals surface area contributed by atoms with E-state index in [0.717, 1.165) is 17.7 Å². The summed E-state index contributed by atoms with van der Waals surface area (Å²) in [5.74, 6) is -2.33. The average molecular weight is 549 g/mol. The number of rotatable bonds is 4. The van der Waals surface area contributed by atoms with E-state index in [-0.39, 0.29) is 35.3 Å². The van der Waals surface area contributed by atoms with E-state index in [2.05, 4.69) is 0 Å². The zero-order valence-corrected chi connectivity index (χ0v) is 21.8. The first-order valence-corrected chi connectivity index (χ1v) is 13.7. The fraction of sp³-hybridized carbons (Fsp3) is 0.296. The number of benzene rings is 3. The van der Waals surface area contributed by atoms with Gasteiger partial charge in [0.25, 0.3) is 5.91 Å². The summed E-state index contributed by atoms with van der Waals surface area (Å²) in [4.78, 5) is 14.3. The Balaban J connectivity index is 1.77. The van der Waals surface area contributed by atoms with E-state index in [0.29, 0.717) is 36.9 Å². The maximum atomic E-state index is 14.0. The third-order valence-corrected chi connectivity index (χ3v) is 8.47. The van der Waals surface area contributed by atoms with Crippen molar-refractivity contribution >= 4 is 27.5 Å². The Morgan fingerprint density at radius 3 is 2.43 bits per heavy atom. The number of nitrogens with zero attached hydrogens (tertiary/aromatic N) is 2. The van der Waals surface area contributed by atoms with Crippen LogP contribution in [-0.4, -0.2) is 56.3 Å². The molecule has 0 unspecified atom stereocenters. The maximum Gasteiger partial charge on any atom is 0.257 e. The standard InChI is InChI=1S/C27H27ClF2N2O4S/c1-31-13-5-6-14-32(37(34,35)22-10-11-24(29)25(30)17-22)21(15-19-7-3-2-4-8-19)18-36-26-12-9-20(28)16-23(26)27(31)33/h2-4,7-12,16-17,21H,5-6,13-15,18H2,1H3/t21-/m1/s1. The molecule has 10 heteroatoms. The van der Waals surface area contributed by atoms with Gasteiger partial charge in [0.15, 0.2) is 11.6 Å². The Morgan fingerprint density at radius 2 is 1.70 bits per heavy atom. The molecule has 0 saturated carbocycles. The summed E-state index contributed by atoms with van der Waals surface area (Å²) >= 11 is 6.15. The molecule has 0 saturated heterocycles. The molecule has 3 aromatic rings. The Labute approximate surface area is 220 Å². The average Bonchev–Trinajstić information content (AvgIpc) is 2.88.